The SMILES string of the molecule is CCCNCc1ccc(OCCC(C)C)cc1OCCC(C)C. The zero-order chi connectivity index (χ0) is 17.1. The van der Waals surface area contributed by atoms with E-state index >= 15 is 0 Å². The summed E-state index contributed by atoms with van der Waals surface area (Å²) in [5.74, 6) is 3.18. The van der Waals surface area contributed by atoms with Gasteiger partial charge in [0.05, 0.1) is 13.2 Å². The third-order valence-corrected chi connectivity index (χ3v) is 3.70. The van der Waals surface area contributed by atoms with Gasteiger partial charge in [-0.3, -0.25) is 0 Å². The molecule has 1 N–H and O–H groups in total. The summed E-state index contributed by atoms with van der Waals surface area (Å²) in [5, 5.41) is 3.45. The first kappa shape index (κ1) is 19.8. The van der Waals surface area contributed by atoms with Gasteiger partial charge in [-0.05, 0) is 43.7 Å². The summed E-state index contributed by atoms with van der Waals surface area (Å²) in [7, 11) is 0. The molecule has 0 radical (unpaired) electrons. The summed E-state index contributed by atoms with van der Waals surface area (Å²) in [6.45, 7) is 14.4. The van der Waals surface area contributed by atoms with Crippen molar-refractivity contribution in [1.29, 1.82) is 0 Å². The lowest BCUT2D eigenvalue weighted by Gasteiger charge is -2.15. The highest BCUT2D eigenvalue weighted by molar-refractivity contribution is 5.40. The zero-order valence-corrected chi connectivity index (χ0v) is 15.7. The van der Waals surface area contributed by atoms with Crippen molar-refractivity contribution in [1.82, 2.24) is 5.32 Å². The lowest BCUT2D eigenvalue weighted by atomic mass is 10.1. The Morgan fingerprint density at radius 3 is 2.22 bits per heavy atom. The molecule has 1 aromatic carbocycles. The minimum atomic E-state index is 0.655. The van der Waals surface area contributed by atoms with Crippen LogP contribution in [0.2, 0.25) is 0 Å². The lowest BCUT2D eigenvalue weighted by molar-refractivity contribution is 0.274. The summed E-state index contributed by atoms with van der Waals surface area (Å²) in [5.41, 5.74) is 1.21. The number of rotatable bonds is 12. The molecule has 0 amide bonds. The van der Waals surface area contributed by atoms with Crippen LogP contribution in [-0.4, -0.2) is 19.8 Å². The van der Waals surface area contributed by atoms with E-state index in [2.05, 4.69) is 52.1 Å². The van der Waals surface area contributed by atoms with Gasteiger partial charge in [0.2, 0.25) is 0 Å². The molecule has 0 unspecified atom stereocenters. The van der Waals surface area contributed by atoms with Crippen molar-refractivity contribution in [3.05, 3.63) is 23.8 Å². The molecule has 0 saturated carbocycles. The molecule has 0 heterocycles. The third kappa shape index (κ3) is 8.85. The molecule has 3 heteroatoms. The van der Waals surface area contributed by atoms with Crippen molar-refractivity contribution in [2.75, 3.05) is 19.8 Å². The standard InChI is InChI=1S/C20H35NO2/c1-6-11-21-15-18-7-8-19(22-12-9-16(2)3)14-20(18)23-13-10-17(4)5/h7-8,14,16-17,21H,6,9-13,15H2,1-5H3. The fourth-order valence-electron chi connectivity index (χ4n) is 2.12. The van der Waals surface area contributed by atoms with Crippen molar-refractivity contribution >= 4 is 0 Å². The van der Waals surface area contributed by atoms with Crippen LogP contribution < -0.4 is 14.8 Å². The molecule has 3 nitrogen and oxygen atoms in total. The molecule has 0 atom stereocenters. The van der Waals surface area contributed by atoms with E-state index in [0.717, 1.165) is 57.1 Å². The zero-order valence-electron chi connectivity index (χ0n) is 15.7. The summed E-state index contributed by atoms with van der Waals surface area (Å²) in [4.78, 5) is 0. The van der Waals surface area contributed by atoms with Gasteiger partial charge in [-0.2, -0.15) is 0 Å². The van der Waals surface area contributed by atoms with Crippen molar-refractivity contribution in [2.24, 2.45) is 11.8 Å². The van der Waals surface area contributed by atoms with Crippen LogP contribution >= 0.6 is 0 Å². The topological polar surface area (TPSA) is 30.5 Å². The third-order valence-electron chi connectivity index (χ3n) is 3.70. The summed E-state index contributed by atoms with van der Waals surface area (Å²) < 4.78 is 11.9. The summed E-state index contributed by atoms with van der Waals surface area (Å²) in [6.07, 6.45) is 3.28. The average Bonchev–Trinajstić information content (AvgIpc) is 2.48. The number of nitrogens with one attached hydrogen (secondary N) is 1. The van der Waals surface area contributed by atoms with Crippen molar-refractivity contribution in [3.8, 4) is 11.5 Å². The highest BCUT2D eigenvalue weighted by atomic mass is 16.5. The Morgan fingerprint density at radius 2 is 1.61 bits per heavy atom. The van der Waals surface area contributed by atoms with Gasteiger partial charge in [0, 0.05) is 18.2 Å². The molecule has 0 fully saturated rings. The number of benzene rings is 1. The van der Waals surface area contributed by atoms with Crippen LogP contribution in [0.1, 0.15) is 59.4 Å². The summed E-state index contributed by atoms with van der Waals surface area (Å²) >= 11 is 0. The molecule has 132 valence electrons. The van der Waals surface area contributed by atoms with Crippen LogP contribution in [0.3, 0.4) is 0 Å². The fourth-order valence-corrected chi connectivity index (χ4v) is 2.12. The Balaban J connectivity index is 2.67. The minimum Gasteiger partial charge on any atom is -0.493 e. The first-order valence-electron chi connectivity index (χ1n) is 9.12. The van der Waals surface area contributed by atoms with E-state index in [1.54, 1.807) is 0 Å². The Bertz CT molecular complexity index is 430. The van der Waals surface area contributed by atoms with Crippen LogP contribution in [-0.2, 0) is 6.54 Å². The molecule has 0 aliphatic rings. The van der Waals surface area contributed by atoms with Crippen molar-refractivity contribution in [2.45, 2.75) is 60.4 Å². The van der Waals surface area contributed by atoms with Gasteiger partial charge in [-0.1, -0.05) is 40.7 Å². The molecule has 23 heavy (non-hydrogen) atoms. The maximum atomic E-state index is 6.03. The van der Waals surface area contributed by atoms with E-state index in [-0.39, 0.29) is 0 Å². The van der Waals surface area contributed by atoms with Gasteiger partial charge >= 0.3 is 0 Å². The molecule has 0 saturated heterocycles. The highest BCUT2D eigenvalue weighted by Crippen LogP contribution is 2.26. The quantitative estimate of drug-likeness (QED) is 0.547. The van der Waals surface area contributed by atoms with Crippen molar-refractivity contribution in [3.63, 3.8) is 0 Å². The van der Waals surface area contributed by atoms with Gasteiger partial charge < -0.3 is 14.8 Å². The van der Waals surface area contributed by atoms with Gasteiger partial charge in [0.1, 0.15) is 11.5 Å². The maximum absolute atomic E-state index is 6.03. The second-order valence-electron chi connectivity index (χ2n) is 7.01. The van der Waals surface area contributed by atoms with E-state index in [1.165, 1.54) is 5.56 Å². The Hall–Kier alpha value is -1.22. The van der Waals surface area contributed by atoms with Crippen LogP contribution in [0, 0.1) is 11.8 Å². The van der Waals surface area contributed by atoms with E-state index in [0.29, 0.717) is 11.8 Å². The molecule has 1 rings (SSSR count). The Morgan fingerprint density at radius 1 is 0.957 bits per heavy atom. The predicted molar refractivity (Wildman–Crippen MR) is 98.3 cm³/mol. The van der Waals surface area contributed by atoms with Crippen LogP contribution in [0.5, 0.6) is 11.5 Å². The van der Waals surface area contributed by atoms with E-state index in [1.807, 2.05) is 6.07 Å². The monoisotopic (exact) mass is 321 g/mol. The molecule has 0 bridgehead atoms. The van der Waals surface area contributed by atoms with E-state index in [4.69, 9.17) is 9.47 Å². The van der Waals surface area contributed by atoms with Gasteiger partial charge in [-0.15, -0.1) is 0 Å². The first-order valence-corrected chi connectivity index (χ1v) is 9.12. The normalized spacial score (nSPS) is 11.3. The molecular weight excluding hydrogens is 286 g/mol. The van der Waals surface area contributed by atoms with Crippen LogP contribution in [0.4, 0.5) is 0 Å². The second kappa shape index (κ2) is 11.3. The van der Waals surface area contributed by atoms with Gasteiger partial charge in [0.25, 0.3) is 0 Å². The number of hydrogen-bond donors (Lipinski definition) is 1. The first-order chi connectivity index (χ1) is 11.0. The molecular formula is C20H35NO2. The van der Waals surface area contributed by atoms with E-state index in [9.17, 15) is 0 Å². The highest BCUT2D eigenvalue weighted by Gasteiger charge is 2.07. The maximum Gasteiger partial charge on any atom is 0.127 e. The largest absolute Gasteiger partial charge is 0.493 e. The second-order valence-corrected chi connectivity index (χ2v) is 7.01. The fraction of sp³-hybridized carbons (Fsp3) is 0.700. The van der Waals surface area contributed by atoms with Crippen molar-refractivity contribution < 1.29 is 9.47 Å². The molecule has 1 aromatic rings. The van der Waals surface area contributed by atoms with Crippen LogP contribution in [0.25, 0.3) is 0 Å². The number of hydrogen-bond acceptors (Lipinski definition) is 3. The smallest absolute Gasteiger partial charge is 0.127 e. The van der Waals surface area contributed by atoms with E-state index < -0.39 is 0 Å². The lowest BCUT2D eigenvalue weighted by Crippen LogP contribution is -2.15. The van der Waals surface area contributed by atoms with Crippen LogP contribution in [0.15, 0.2) is 18.2 Å². The average molecular weight is 322 g/mol. The molecule has 0 spiro atoms. The Labute approximate surface area is 142 Å². The van der Waals surface area contributed by atoms with Gasteiger partial charge in [-0.25, -0.2) is 0 Å². The molecule has 0 aromatic heterocycles. The number of ether oxygens (including phenoxy) is 2. The molecule has 0 aliphatic heterocycles. The Kier molecular flexibility index (Phi) is 9.77. The predicted octanol–water partition coefficient (Wildman–Crippen LogP) is 5.04. The summed E-state index contributed by atoms with van der Waals surface area (Å²) in [6, 6.07) is 6.22. The minimum absolute atomic E-state index is 0.655. The van der Waals surface area contributed by atoms with Gasteiger partial charge in [0.15, 0.2) is 0 Å². The molecule has 0 aliphatic carbocycles.